The Kier molecular flexibility index (Phi) is 5.77. The summed E-state index contributed by atoms with van der Waals surface area (Å²) < 4.78 is 1.86. The molecule has 0 saturated heterocycles. The van der Waals surface area contributed by atoms with Crippen LogP contribution >= 0.6 is 11.6 Å². The minimum atomic E-state index is -1.17. The third-order valence-electron chi connectivity index (χ3n) is 4.64. The molecular formula is C22H22ClN3O3. The molecule has 1 unspecified atom stereocenters. The van der Waals surface area contributed by atoms with Crippen LogP contribution in [-0.4, -0.2) is 21.6 Å². The third kappa shape index (κ3) is 4.85. The highest BCUT2D eigenvalue weighted by molar-refractivity contribution is 6.30. The first-order valence-electron chi connectivity index (χ1n) is 9.02. The summed E-state index contributed by atoms with van der Waals surface area (Å²) in [5.74, 6) is -1.34. The summed E-state index contributed by atoms with van der Waals surface area (Å²) >= 11 is 5.94. The van der Waals surface area contributed by atoms with Gasteiger partial charge >= 0.3 is 5.97 Å². The molecule has 1 amide bonds. The van der Waals surface area contributed by atoms with Gasteiger partial charge in [-0.15, -0.1) is 0 Å². The molecule has 0 spiro atoms. The van der Waals surface area contributed by atoms with E-state index < -0.39 is 11.6 Å². The van der Waals surface area contributed by atoms with Gasteiger partial charge < -0.3 is 20.7 Å². The number of carboxylic acids is 1. The largest absolute Gasteiger partial charge is 0.478 e. The molecule has 0 fully saturated rings. The molecular weight excluding hydrogens is 390 g/mol. The normalized spacial score (nSPS) is 13.0. The first-order valence-corrected chi connectivity index (χ1v) is 9.40. The summed E-state index contributed by atoms with van der Waals surface area (Å²) in [6, 6.07) is 15.4. The van der Waals surface area contributed by atoms with Crippen LogP contribution in [-0.2, 0) is 12.2 Å². The van der Waals surface area contributed by atoms with Crippen LogP contribution in [0.1, 0.15) is 44.5 Å². The number of amides is 1. The average Bonchev–Trinajstić information content (AvgIpc) is 3.03. The Morgan fingerprint density at radius 3 is 2.34 bits per heavy atom. The maximum absolute atomic E-state index is 13.0. The smallest absolute Gasteiger partial charge is 0.335 e. The number of hydrogen-bond donors (Lipinski definition) is 3. The Labute approximate surface area is 173 Å². The number of nitrogens with two attached hydrogens (primary N) is 1. The Balaban J connectivity index is 1.81. The highest BCUT2D eigenvalue weighted by atomic mass is 35.5. The van der Waals surface area contributed by atoms with Gasteiger partial charge in [-0.2, -0.15) is 0 Å². The van der Waals surface area contributed by atoms with Crippen LogP contribution in [0.15, 0.2) is 60.8 Å². The molecule has 1 atom stereocenters. The molecule has 7 heteroatoms. The van der Waals surface area contributed by atoms with Crippen LogP contribution in [0.4, 0.5) is 0 Å². The van der Waals surface area contributed by atoms with Gasteiger partial charge in [0.2, 0.25) is 0 Å². The molecule has 0 aliphatic heterocycles. The van der Waals surface area contributed by atoms with Crippen molar-refractivity contribution in [2.45, 2.75) is 26.1 Å². The summed E-state index contributed by atoms with van der Waals surface area (Å²) in [5.41, 5.74) is 8.36. The van der Waals surface area contributed by atoms with Crippen molar-refractivity contribution >= 4 is 23.5 Å². The summed E-state index contributed by atoms with van der Waals surface area (Å²) in [4.78, 5) is 24.0. The molecule has 3 rings (SSSR count). The van der Waals surface area contributed by atoms with Crippen molar-refractivity contribution in [2.75, 3.05) is 0 Å². The zero-order chi connectivity index (χ0) is 21.2. The zero-order valence-corrected chi connectivity index (χ0v) is 16.9. The fraction of sp³-hybridized carbons (Fsp3) is 0.182. The van der Waals surface area contributed by atoms with E-state index >= 15 is 0 Å². The second-order valence-electron chi connectivity index (χ2n) is 7.20. The van der Waals surface area contributed by atoms with E-state index in [0.717, 1.165) is 11.1 Å². The van der Waals surface area contributed by atoms with Crippen LogP contribution in [0.5, 0.6) is 0 Å². The van der Waals surface area contributed by atoms with Crippen LogP contribution in [0.2, 0.25) is 5.02 Å². The summed E-state index contributed by atoms with van der Waals surface area (Å²) in [7, 11) is 0. The van der Waals surface area contributed by atoms with E-state index in [1.165, 1.54) is 12.1 Å². The monoisotopic (exact) mass is 411 g/mol. The van der Waals surface area contributed by atoms with E-state index in [4.69, 9.17) is 22.4 Å². The fourth-order valence-electron chi connectivity index (χ4n) is 3.10. The summed E-state index contributed by atoms with van der Waals surface area (Å²) in [6.07, 6.45) is 1.90. The highest BCUT2D eigenvalue weighted by Gasteiger charge is 2.26. The second-order valence-corrected chi connectivity index (χ2v) is 7.63. The molecule has 150 valence electrons. The molecule has 0 aliphatic carbocycles. The van der Waals surface area contributed by atoms with Crippen molar-refractivity contribution in [2.24, 2.45) is 5.73 Å². The minimum Gasteiger partial charge on any atom is -0.478 e. The van der Waals surface area contributed by atoms with E-state index in [1.54, 1.807) is 25.1 Å². The van der Waals surface area contributed by atoms with Gasteiger partial charge in [0.1, 0.15) is 11.4 Å². The van der Waals surface area contributed by atoms with Crippen molar-refractivity contribution in [1.29, 1.82) is 0 Å². The van der Waals surface area contributed by atoms with E-state index in [2.05, 4.69) is 5.32 Å². The van der Waals surface area contributed by atoms with E-state index in [9.17, 15) is 9.59 Å². The van der Waals surface area contributed by atoms with Crippen molar-refractivity contribution in [3.05, 3.63) is 93.8 Å². The molecule has 1 aromatic heterocycles. The van der Waals surface area contributed by atoms with Gasteiger partial charge in [0.25, 0.3) is 5.91 Å². The first kappa shape index (κ1) is 20.6. The lowest BCUT2D eigenvalue weighted by Gasteiger charge is -2.27. The van der Waals surface area contributed by atoms with Gasteiger partial charge in [-0.25, -0.2) is 4.79 Å². The van der Waals surface area contributed by atoms with Crippen LogP contribution < -0.4 is 11.1 Å². The second kappa shape index (κ2) is 8.11. The number of rotatable bonds is 6. The molecule has 0 aliphatic rings. The molecule has 1 heterocycles. The first-order chi connectivity index (χ1) is 13.7. The van der Waals surface area contributed by atoms with Crippen LogP contribution in [0.3, 0.4) is 0 Å². The number of benzene rings is 2. The molecule has 0 bridgehead atoms. The third-order valence-corrected chi connectivity index (χ3v) is 4.89. The van der Waals surface area contributed by atoms with Gasteiger partial charge in [-0.05, 0) is 60.9 Å². The van der Waals surface area contributed by atoms with Crippen molar-refractivity contribution in [3.8, 4) is 0 Å². The number of aromatic nitrogens is 1. The van der Waals surface area contributed by atoms with Crippen molar-refractivity contribution in [3.63, 3.8) is 0 Å². The van der Waals surface area contributed by atoms with E-state index in [-0.39, 0.29) is 11.5 Å². The SMILES string of the molecule is Cc1cc(C(=O)NC(C)(N)c2ccc(C(=O)O)cc2)n(Cc2ccc(Cl)cc2)c1. The van der Waals surface area contributed by atoms with Gasteiger partial charge in [-0.3, -0.25) is 4.79 Å². The van der Waals surface area contributed by atoms with E-state index in [1.807, 2.05) is 42.0 Å². The number of hydrogen-bond acceptors (Lipinski definition) is 3. The number of nitrogens with one attached hydrogen (secondary N) is 1. The Morgan fingerprint density at radius 2 is 1.76 bits per heavy atom. The highest BCUT2D eigenvalue weighted by Crippen LogP contribution is 2.19. The molecule has 0 radical (unpaired) electrons. The maximum Gasteiger partial charge on any atom is 0.335 e. The average molecular weight is 412 g/mol. The molecule has 2 aromatic carbocycles. The lowest BCUT2D eigenvalue weighted by Crippen LogP contribution is -2.51. The molecule has 0 saturated carbocycles. The predicted molar refractivity (Wildman–Crippen MR) is 112 cm³/mol. The number of carbonyl (C=O) groups is 2. The molecule has 4 N–H and O–H groups in total. The standard InChI is InChI=1S/C22H22ClN3O3/c1-14-11-19(26(12-14)13-15-3-9-18(23)10-4-15)20(27)25-22(2,24)17-7-5-16(6-8-17)21(28)29/h3-12H,13,24H2,1-2H3,(H,25,27)(H,28,29). The Bertz CT molecular complexity index is 1040. The number of nitrogens with zero attached hydrogens (tertiary/aromatic N) is 1. The van der Waals surface area contributed by atoms with Crippen LogP contribution in [0, 0.1) is 6.92 Å². The van der Waals surface area contributed by atoms with Gasteiger partial charge in [0.15, 0.2) is 0 Å². The lowest BCUT2D eigenvalue weighted by atomic mass is 10.0. The lowest BCUT2D eigenvalue weighted by molar-refractivity contribution is 0.0696. The molecule has 29 heavy (non-hydrogen) atoms. The number of carboxylic acid groups (broad SMARTS) is 1. The van der Waals surface area contributed by atoms with Gasteiger partial charge in [0.05, 0.1) is 5.56 Å². The summed E-state index contributed by atoms with van der Waals surface area (Å²) in [6.45, 7) is 4.10. The minimum absolute atomic E-state index is 0.156. The molecule has 6 nitrogen and oxygen atoms in total. The molecule has 3 aromatic rings. The fourth-order valence-corrected chi connectivity index (χ4v) is 3.22. The van der Waals surface area contributed by atoms with Gasteiger partial charge in [-0.1, -0.05) is 35.9 Å². The number of halogens is 1. The van der Waals surface area contributed by atoms with Crippen LogP contribution in [0.25, 0.3) is 0 Å². The van der Waals surface area contributed by atoms with Gasteiger partial charge in [0, 0.05) is 17.8 Å². The van der Waals surface area contributed by atoms with E-state index in [0.29, 0.717) is 22.8 Å². The number of aryl methyl sites for hydroxylation is 1. The number of aromatic carboxylic acids is 1. The quantitative estimate of drug-likeness (QED) is 0.538. The topological polar surface area (TPSA) is 97.3 Å². The van der Waals surface area contributed by atoms with Crippen molar-refractivity contribution < 1.29 is 14.7 Å². The Morgan fingerprint density at radius 1 is 1.14 bits per heavy atom. The van der Waals surface area contributed by atoms with Crippen molar-refractivity contribution in [1.82, 2.24) is 9.88 Å². The zero-order valence-electron chi connectivity index (χ0n) is 16.1. The Hall–Kier alpha value is -3.09. The predicted octanol–water partition coefficient (Wildman–Crippen LogP) is 3.76. The maximum atomic E-state index is 13.0. The summed E-state index contributed by atoms with van der Waals surface area (Å²) in [5, 5.41) is 12.5. The number of carbonyl (C=O) groups excluding carboxylic acids is 1.